The van der Waals surface area contributed by atoms with Crippen LogP contribution in [0.5, 0.6) is 0 Å². The third-order valence-corrected chi connectivity index (χ3v) is 4.02. The fourth-order valence-electron chi connectivity index (χ4n) is 2.48. The Labute approximate surface area is 119 Å². The maximum Gasteiger partial charge on any atom is 0.335 e. The summed E-state index contributed by atoms with van der Waals surface area (Å²) in [4.78, 5) is 15.4. The molecule has 5 heteroatoms. The zero-order valence-electron chi connectivity index (χ0n) is 12.1. The maximum atomic E-state index is 11.0. The minimum absolute atomic E-state index is 0.0243. The van der Waals surface area contributed by atoms with Crippen molar-refractivity contribution in [3.8, 4) is 6.07 Å². The van der Waals surface area contributed by atoms with Crippen LogP contribution in [-0.2, 0) is 0 Å². The number of anilines is 1. The summed E-state index contributed by atoms with van der Waals surface area (Å²) in [7, 11) is 2.09. The Kier molecular flexibility index (Phi) is 3.69. The number of hydrogen-bond donors (Lipinski definition) is 1. The fraction of sp³-hybridized carbons (Fsp3) is 0.467. The van der Waals surface area contributed by atoms with Gasteiger partial charge in [-0.05, 0) is 39.1 Å². The molecule has 1 N–H and O–H groups in total. The van der Waals surface area contributed by atoms with Gasteiger partial charge in [0.05, 0.1) is 16.8 Å². The van der Waals surface area contributed by atoms with E-state index in [9.17, 15) is 10.1 Å². The lowest BCUT2D eigenvalue weighted by Crippen LogP contribution is -2.57. The van der Waals surface area contributed by atoms with E-state index in [0.717, 1.165) is 25.3 Å². The van der Waals surface area contributed by atoms with E-state index in [4.69, 9.17) is 5.11 Å². The van der Waals surface area contributed by atoms with Gasteiger partial charge in [0.2, 0.25) is 0 Å². The van der Waals surface area contributed by atoms with E-state index >= 15 is 0 Å². The third-order valence-electron chi connectivity index (χ3n) is 4.02. The summed E-state index contributed by atoms with van der Waals surface area (Å²) in [5.41, 5.74) is 1.42. The predicted molar refractivity (Wildman–Crippen MR) is 77.0 cm³/mol. The van der Waals surface area contributed by atoms with Crippen LogP contribution in [-0.4, -0.2) is 48.2 Å². The van der Waals surface area contributed by atoms with Gasteiger partial charge < -0.3 is 10.0 Å². The molecule has 20 heavy (non-hydrogen) atoms. The number of carboxylic acids is 1. The highest BCUT2D eigenvalue weighted by atomic mass is 16.4. The van der Waals surface area contributed by atoms with Crippen LogP contribution in [0.15, 0.2) is 18.2 Å². The highest BCUT2D eigenvalue weighted by molar-refractivity contribution is 5.89. The maximum absolute atomic E-state index is 11.0. The lowest BCUT2D eigenvalue weighted by Gasteiger charge is -2.46. The molecule has 0 aliphatic carbocycles. The molecular weight excluding hydrogens is 254 g/mol. The molecule has 0 bridgehead atoms. The van der Waals surface area contributed by atoms with E-state index in [0.29, 0.717) is 5.56 Å². The Bertz CT molecular complexity index is 575. The quantitative estimate of drug-likeness (QED) is 0.889. The molecule has 0 radical (unpaired) electrons. The molecule has 1 aromatic rings. The van der Waals surface area contributed by atoms with Crippen molar-refractivity contribution in [3.05, 3.63) is 29.3 Å². The van der Waals surface area contributed by atoms with E-state index in [-0.39, 0.29) is 11.1 Å². The molecule has 1 aliphatic rings. The summed E-state index contributed by atoms with van der Waals surface area (Å²) in [6.45, 7) is 6.89. The van der Waals surface area contributed by atoms with Gasteiger partial charge in [-0.1, -0.05) is 0 Å². The van der Waals surface area contributed by atoms with Crippen LogP contribution in [0.4, 0.5) is 5.69 Å². The number of carbonyl (C=O) groups is 1. The van der Waals surface area contributed by atoms with Gasteiger partial charge in [0.15, 0.2) is 0 Å². The number of hydrogen-bond acceptors (Lipinski definition) is 4. The smallest absolute Gasteiger partial charge is 0.335 e. The van der Waals surface area contributed by atoms with Crippen LogP contribution in [0.25, 0.3) is 0 Å². The van der Waals surface area contributed by atoms with Crippen LogP contribution in [0.2, 0.25) is 0 Å². The monoisotopic (exact) mass is 273 g/mol. The van der Waals surface area contributed by atoms with E-state index in [1.165, 1.54) is 6.07 Å². The summed E-state index contributed by atoms with van der Waals surface area (Å²) >= 11 is 0. The van der Waals surface area contributed by atoms with Crippen molar-refractivity contribution in [2.75, 3.05) is 31.6 Å². The molecule has 0 saturated carbocycles. The molecule has 1 saturated heterocycles. The average molecular weight is 273 g/mol. The highest BCUT2D eigenvalue weighted by Crippen LogP contribution is 2.27. The number of aromatic carboxylic acids is 1. The van der Waals surface area contributed by atoms with Crippen molar-refractivity contribution < 1.29 is 9.90 Å². The standard InChI is InChI=1S/C15H19N3O2/c1-15(2)10-18(7-6-17(15)3)13-5-4-11(14(19)20)8-12(13)9-16/h4-5,8H,6-7,10H2,1-3H3,(H,19,20). The first kappa shape index (κ1) is 14.4. The Balaban J connectivity index is 2.34. The fourth-order valence-corrected chi connectivity index (χ4v) is 2.48. The third kappa shape index (κ3) is 2.61. The summed E-state index contributed by atoms with van der Waals surface area (Å²) in [5.74, 6) is -1.01. The Morgan fingerprint density at radius 2 is 2.10 bits per heavy atom. The Morgan fingerprint density at radius 1 is 1.40 bits per heavy atom. The first-order valence-corrected chi connectivity index (χ1v) is 6.59. The number of carboxylic acid groups (broad SMARTS) is 1. The molecule has 2 rings (SSSR count). The second-order valence-corrected chi connectivity index (χ2v) is 5.80. The molecule has 0 amide bonds. The van der Waals surface area contributed by atoms with Gasteiger partial charge in [0, 0.05) is 25.2 Å². The van der Waals surface area contributed by atoms with Crippen molar-refractivity contribution in [2.45, 2.75) is 19.4 Å². The van der Waals surface area contributed by atoms with Crippen molar-refractivity contribution >= 4 is 11.7 Å². The minimum atomic E-state index is -1.01. The molecule has 0 unspecified atom stereocenters. The molecular formula is C15H19N3O2. The van der Waals surface area contributed by atoms with Gasteiger partial charge in [0.25, 0.3) is 0 Å². The van der Waals surface area contributed by atoms with Gasteiger partial charge in [-0.2, -0.15) is 5.26 Å². The van der Waals surface area contributed by atoms with Crippen LogP contribution in [0.1, 0.15) is 29.8 Å². The number of nitrogens with zero attached hydrogens (tertiary/aromatic N) is 3. The minimum Gasteiger partial charge on any atom is -0.478 e. The van der Waals surface area contributed by atoms with E-state index in [1.54, 1.807) is 12.1 Å². The molecule has 1 aliphatic heterocycles. The Hall–Kier alpha value is -2.06. The first-order valence-electron chi connectivity index (χ1n) is 6.59. The average Bonchev–Trinajstić information content (AvgIpc) is 2.41. The zero-order chi connectivity index (χ0) is 14.9. The predicted octanol–water partition coefficient (Wildman–Crippen LogP) is 1.79. The van der Waals surface area contributed by atoms with Gasteiger partial charge in [-0.15, -0.1) is 0 Å². The van der Waals surface area contributed by atoms with Crippen molar-refractivity contribution in [1.29, 1.82) is 5.26 Å². The largest absolute Gasteiger partial charge is 0.478 e. The van der Waals surface area contributed by atoms with Crippen molar-refractivity contribution in [3.63, 3.8) is 0 Å². The SMILES string of the molecule is CN1CCN(c2ccc(C(=O)O)cc2C#N)CC1(C)C. The number of likely N-dealkylation sites (N-methyl/N-ethyl adjacent to an activating group) is 1. The molecule has 106 valence electrons. The number of nitriles is 1. The lowest BCUT2D eigenvalue weighted by molar-refractivity contribution is 0.0697. The second kappa shape index (κ2) is 5.14. The van der Waals surface area contributed by atoms with Crippen LogP contribution in [0.3, 0.4) is 0 Å². The topological polar surface area (TPSA) is 67.6 Å². The summed E-state index contributed by atoms with van der Waals surface area (Å²) in [6.07, 6.45) is 0. The van der Waals surface area contributed by atoms with Crippen molar-refractivity contribution in [1.82, 2.24) is 4.90 Å². The van der Waals surface area contributed by atoms with Gasteiger partial charge in [-0.25, -0.2) is 4.79 Å². The number of piperazine rings is 1. The summed E-state index contributed by atoms with van der Waals surface area (Å²) < 4.78 is 0. The molecule has 0 aromatic heterocycles. The second-order valence-electron chi connectivity index (χ2n) is 5.80. The lowest BCUT2D eigenvalue weighted by atomic mass is 9.98. The van der Waals surface area contributed by atoms with Gasteiger partial charge >= 0.3 is 5.97 Å². The van der Waals surface area contributed by atoms with Crippen LogP contribution in [0, 0.1) is 11.3 Å². The van der Waals surface area contributed by atoms with Gasteiger partial charge in [0.1, 0.15) is 6.07 Å². The molecule has 5 nitrogen and oxygen atoms in total. The normalized spacial score (nSPS) is 18.6. The van der Waals surface area contributed by atoms with Crippen LogP contribution < -0.4 is 4.90 Å². The van der Waals surface area contributed by atoms with Gasteiger partial charge in [-0.3, -0.25) is 4.90 Å². The zero-order valence-corrected chi connectivity index (χ0v) is 12.1. The highest BCUT2D eigenvalue weighted by Gasteiger charge is 2.31. The molecule has 1 heterocycles. The molecule has 0 atom stereocenters. The van der Waals surface area contributed by atoms with Crippen LogP contribution >= 0.6 is 0 Å². The van der Waals surface area contributed by atoms with E-state index < -0.39 is 5.97 Å². The molecule has 1 fully saturated rings. The van der Waals surface area contributed by atoms with Crippen molar-refractivity contribution in [2.24, 2.45) is 0 Å². The molecule has 1 aromatic carbocycles. The number of benzene rings is 1. The molecule has 0 spiro atoms. The van der Waals surface area contributed by atoms with E-state index in [2.05, 4.69) is 36.8 Å². The first-order chi connectivity index (χ1) is 9.35. The summed E-state index contributed by atoms with van der Waals surface area (Å²) in [5, 5.41) is 18.3. The summed E-state index contributed by atoms with van der Waals surface area (Å²) in [6, 6.07) is 6.85. The van der Waals surface area contributed by atoms with E-state index in [1.807, 2.05) is 0 Å². The Morgan fingerprint density at radius 3 is 2.65 bits per heavy atom. The number of rotatable bonds is 2.